The zero-order valence-electron chi connectivity index (χ0n) is 15.6. The molecule has 0 aliphatic carbocycles. The summed E-state index contributed by atoms with van der Waals surface area (Å²) < 4.78 is 4.70. The first kappa shape index (κ1) is 19.6. The molecule has 3 aromatic carbocycles. The molecule has 144 valence electrons. The number of nitro groups is 1. The van der Waals surface area contributed by atoms with Gasteiger partial charge < -0.3 is 10.1 Å². The molecule has 0 radical (unpaired) electrons. The lowest BCUT2D eigenvalue weighted by Crippen LogP contribution is -2.11. The summed E-state index contributed by atoms with van der Waals surface area (Å²) in [6.07, 6.45) is 0. The molecular formula is C22H17N3O4. The van der Waals surface area contributed by atoms with Crippen molar-refractivity contribution in [2.24, 2.45) is 0 Å². The molecule has 7 nitrogen and oxygen atoms in total. The Morgan fingerprint density at radius 1 is 1.10 bits per heavy atom. The standard InChI is InChI=1S/C22H17N3O4/c1-29-22(26)21-19(7-4-8-20(21)25(27)28)24-14-15-9-11-16(12-10-15)18-6-3-2-5-17(18)13-23/h2-12,24H,14H2,1H3. The first-order valence-electron chi connectivity index (χ1n) is 8.73. The van der Waals surface area contributed by atoms with Gasteiger partial charge in [-0.1, -0.05) is 48.5 Å². The van der Waals surface area contributed by atoms with E-state index < -0.39 is 10.9 Å². The molecule has 0 bridgehead atoms. The summed E-state index contributed by atoms with van der Waals surface area (Å²) in [5.74, 6) is -0.775. The number of rotatable bonds is 6. The van der Waals surface area contributed by atoms with Gasteiger partial charge in [-0.15, -0.1) is 0 Å². The van der Waals surface area contributed by atoms with Crippen LogP contribution in [-0.4, -0.2) is 18.0 Å². The fourth-order valence-electron chi connectivity index (χ4n) is 2.99. The lowest BCUT2D eigenvalue weighted by Gasteiger charge is -2.12. The van der Waals surface area contributed by atoms with Crippen molar-refractivity contribution in [1.29, 1.82) is 5.26 Å². The van der Waals surface area contributed by atoms with Crippen molar-refractivity contribution in [2.75, 3.05) is 12.4 Å². The number of nitrogens with zero attached hydrogens (tertiary/aromatic N) is 2. The summed E-state index contributed by atoms with van der Waals surface area (Å²) in [5, 5.41) is 23.6. The molecule has 0 spiro atoms. The molecule has 0 aliphatic heterocycles. The first-order chi connectivity index (χ1) is 14.0. The van der Waals surface area contributed by atoms with Gasteiger partial charge >= 0.3 is 5.97 Å². The van der Waals surface area contributed by atoms with Crippen molar-refractivity contribution in [3.8, 4) is 17.2 Å². The van der Waals surface area contributed by atoms with E-state index in [1.54, 1.807) is 12.1 Å². The molecule has 29 heavy (non-hydrogen) atoms. The molecule has 0 fully saturated rings. The van der Waals surface area contributed by atoms with Crippen molar-refractivity contribution in [2.45, 2.75) is 6.54 Å². The highest BCUT2D eigenvalue weighted by Gasteiger charge is 2.24. The second-order valence-corrected chi connectivity index (χ2v) is 6.16. The second-order valence-electron chi connectivity index (χ2n) is 6.16. The zero-order valence-corrected chi connectivity index (χ0v) is 15.6. The number of nitriles is 1. The fourth-order valence-corrected chi connectivity index (χ4v) is 2.99. The highest BCUT2D eigenvalue weighted by molar-refractivity contribution is 6.00. The minimum Gasteiger partial charge on any atom is -0.465 e. The minimum absolute atomic E-state index is 0.112. The summed E-state index contributed by atoms with van der Waals surface area (Å²) in [5.41, 5.74) is 3.16. The molecule has 0 saturated heterocycles. The maximum absolute atomic E-state index is 12.0. The third-order valence-electron chi connectivity index (χ3n) is 4.42. The van der Waals surface area contributed by atoms with Crippen LogP contribution in [0, 0.1) is 21.4 Å². The van der Waals surface area contributed by atoms with Crippen molar-refractivity contribution in [3.05, 3.63) is 93.5 Å². The van der Waals surface area contributed by atoms with Crippen LogP contribution >= 0.6 is 0 Å². The average molecular weight is 387 g/mol. The highest BCUT2D eigenvalue weighted by atomic mass is 16.6. The van der Waals surface area contributed by atoms with E-state index in [4.69, 9.17) is 4.74 Å². The van der Waals surface area contributed by atoms with Gasteiger partial charge in [-0.25, -0.2) is 4.79 Å². The molecule has 1 N–H and O–H groups in total. The maximum Gasteiger partial charge on any atom is 0.347 e. The lowest BCUT2D eigenvalue weighted by molar-refractivity contribution is -0.385. The topological polar surface area (TPSA) is 105 Å². The quantitative estimate of drug-likeness (QED) is 0.378. The van der Waals surface area contributed by atoms with Gasteiger partial charge in [0.2, 0.25) is 0 Å². The van der Waals surface area contributed by atoms with E-state index in [2.05, 4.69) is 11.4 Å². The van der Waals surface area contributed by atoms with E-state index in [-0.39, 0.29) is 11.3 Å². The molecule has 3 aromatic rings. The smallest absolute Gasteiger partial charge is 0.347 e. The Hall–Kier alpha value is -4.18. The summed E-state index contributed by atoms with van der Waals surface area (Å²) in [6, 6.07) is 21.5. The summed E-state index contributed by atoms with van der Waals surface area (Å²) in [7, 11) is 1.18. The highest BCUT2D eigenvalue weighted by Crippen LogP contribution is 2.28. The Bertz CT molecular complexity index is 1100. The number of nitro benzene ring substituents is 1. The molecule has 7 heteroatoms. The summed E-state index contributed by atoms with van der Waals surface area (Å²) >= 11 is 0. The Labute approximate surface area is 167 Å². The number of nitrogens with one attached hydrogen (secondary N) is 1. The molecule has 0 amide bonds. The van der Waals surface area contributed by atoms with Crippen molar-refractivity contribution in [1.82, 2.24) is 0 Å². The Kier molecular flexibility index (Phi) is 5.85. The molecule has 0 saturated carbocycles. The number of hydrogen-bond acceptors (Lipinski definition) is 6. The van der Waals surface area contributed by atoms with E-state index >= 15 is 0 Å². The number of benzene rings is 3. The predicted octanol–water partition coefficient (Wildman–Crippen LogP) is 4.53. The van der Waals surface area contributed by atoms with E-state index in [1.165, 1.54) is 19.2 Å². The van der Waals surface area contributed by atoms with Gasteiger partial charge in [0.1, 0.15) is 0 Å². The van der Waals surface area contributed by atoms with Crippen LogP contribution in [0.1, 0.15) is 21.5 Å². The number of methoxy groups -OCH3 is 1. The van der Waals surface area contributed by atoms with Gasteiger partial charge in [0.25, 0.3) is 5.69 Å². The van der Waals surface area contributed by atoms with Crippen LogP contribution in [0.4, 0.5) is 11.4 Å². The van der Waals surface area contributed by atoms with E-state index in [0.29, 0.717) is 17.8 Å². The monoisotopic (exact) mass is 387 g/mol. The van der Waals surface area contributed by atoms with Gasteiger partial charge in [0.15, 0.2) is 5.56 Å². The minimum atomic E-state index is -0.775. The maximum atomic E-state index is 12.0. The molecule has 0 aromatic heterocycles. The molecule has 0 aliphatic rings. The number of ether oxygens (including phenoxy) is 1. The van der Waals surface area contributed by atoms with Crippen molar-refractivity contribution >= 4 is 17.3 Å². The van der Waals surface area contributed by atoms with E-state index in [0.717, 1.165) is 16.7 Å². The molecular weight excluding hydrogens is 370 g/mol. The second kappa shape index (κ2) is 8.67. The van der Waals surface area contributed by atoms with Crippen molar-refractivity contribution in [3.63, 3.8) is 0 Å². The van der Waals surface area contributed by atoms with Crippen LogP contribution in [-0.2, 0) is 11.3 Å². The Morgan fingerprint density at radius 3 is 2.48 bits per heavy atom. The van der Waals surface area contributed by atoms with Crippen LogP contribution in [0.15, 0.2) is 66.7 Å². The van der Waals surface area contributed by atoms with Crippen LogP contribution in [0.2, 0.25) is 0 Å². The lowest BCUT2D eigenvalue weighted by atomic mass is 9.99. The van der Waals surface area contributed by atoms with Gasteiger partial charge in [-0.3, -0.25) is 10.1 Å². The van der Waals surface area contributed by atoms with Gasteiger partial charge in [0.05, 0.1) is 29.4 Å². The molecule has 0 unspecified atom stereocenters. The predicted molar refractivity (Wildman–Crippen MR) is 108 cm³/mol. The largest absolute Gasteiger partial charge is 0.465 e. The normalized spacial score (nSPS) is 10.1. The van der Waals surface area contributed by atoms with E-state index in [9.17, 15) is 20.2 Å². The van der Waals surface area contributed by atoms with Gasteiger partial charge in [0, 0.05) is 12.6 Å². The number of esters is 1. The molecule has 3 rings (SSSR count). The SMILES string of the molecule is COC(=O)c1c(NCc2ccc(-c3ccccc3C#N)cc2)cccc1[N+](=O)[O-]. The fraction of sp³-hybridized carbons (Fsp3) is 0.0909. The van der Waals surface area contributed by atoms with E-state index in [1.807, 2.05) is 42.5 Å². The Morgan fingerprint density at radius 2 is 1.83 bits per heavy atom. The first-order valence-corrected chi connectivity index (χ1v) is 8.73. The van der Waals surface area contributed by atoms with Crippen LogP contribution in [0.3, 0.4) is 0 Å². The number of anilines is 1. The van der Waals surface area contributed by atoms with Gasteiger partial charge in [-0.2, -0.15) is 5.26 Å². The molecule has 0 atom stereocenters. The zero-order chi connectivity index (χ0) is 20.8. The summed E-state index contributed by atoms with van der Waals surface area (Å²) in [6.45, 7) is 0.353. The van der Waals surface area contributed by atoms with Gasteiger partial charge in [-0.05, 0) is 28.8 Å². The van der Waals surface area contributed by atoms with Crippen molar-refractivity contribution < 1.29 is 14.5 Å². The van der Waals surface area contributed by atoms with Crippen LogP contribution in [0.25, 0.3) is 11.1 Å². The average Bonchev–Trinajstić information content (AvgIpc) is 2.77. The summed E-state index contributed by atoms with van der Waals surface area (Å²) in [4.78, 5) is 22.7. The van der Waals surface area contributed by atoms with Crippen LogP contribution in [0.5, 0.6) is 0 Å². The number of carbonyl (C=O) groups excluding carboxylic acids is 1. The number of carbonyl (C=O) groups is 1. The van der Waals surface area contributed by atoms with Crippen LogP contribution < -0.4 is 5.32 Å². The molecule has 0 heterocycles. The third-order valence-corrected chi connectivity index (χ3v) is 4.42. The Balaban J connectivity index is 1.82. The number of hydrogen-bond donors (Lipinski definition) is 1. The third kappa shape index (κ3) is 4.22.